The third-order valence-electron chi connectivity index (χ3n) is 6.74. The molecule has 4 rings (SSSR count). The van der Waals surface area contributed by atoms with Gasteiger partial charge in [0.15, 0.2) is 0 Å². The zero-order chi connectivity index (χ0) is 30.2. The normalized spacial score (nSPS) is 13.5. The van der Waals surface area contributed by atoms with Crippen molar-refractivity contribution in [1.82, 2.24) is 14.7 Å². The summed E-state index contributed by atoms with van der Waals surface area (Å²) in [4.78, 5) is 44.2. The SMILES string of the molecule is COC(=O)Oc1ccc2c(c1)NC(=O)/C2=C(\Nc1ccc(C(=O)N(CCN(C)C)CCN(C)C)cc1)c1ccccc1. The Labute approximate surface area is 246 Å². The minimum atomic E-state index is -0.845. The number of hydrogen-bond donors (Lipinski definition) is 2. The second kappa shape index (κ2) is 13.8. The number of carbonyl (C=O) groups is 3. The number of rotatable bonds is 11. The van der Waals surface area contributed by atoms with Gasteiger partial charge in [-0.05, 0) is 70.2 Å². The fraction of sp³-hybridized carbons (Fsp3) is 0.281. The lowest BCUT2D eigenvalue weighted by atomic mass is 10.00. The van der Waals surface area contributed by atoms with Crippen LogP contribution in [0.2, 0.25) is 0 Å². The van der Waals surface area contributed by atoms with E-state index in [4.69, 9.17) is 4.74 Å². The van der Waals surface area contributed by atoms with E-state index in [1.807, 2.05) is 75.6 Å². The maximum atomic E-state index is 13.4. The molecular weight excluding hydrogens is 534 g/mol. The van der Waals surface area contributed by atoms with Crippen LogP contribution in [0.3, 0.4) is 0 Å². The highest BCUT2D eigenvalue weighted by molar-refractivity contribution is 6.37. The average Bonchev–Trinajstić information content (AvgIpc) is 3.30. The molecule has 0 unspecified atom stereocenters. The molecule has 0 saturated heterocycles. The Morgan fingerprint density at radius 3 is 2.05 bits per heavy atom. The molecule has 0 fully saturated rings. The van der Waals surface area contributed by atoms with Crippen molar-refractivity contribution in [3.05, 3.63) is 89.5 Å². The summed E-state index contributed by atoms with van der Waals surface area (Å²) in [6.45, 7) is 2.80. The maximum Gasteiger partial charge on any atom is 0.513 e. The largest absolute Gasteiger partial charge is 0.513 e. The lowest BCUT2D eigenvalue weighted by Gasteiger charge is -2.26. The number of anilines is 2. The molecule has 2 N–H and O–H groups in total. The summed E-state index contributed by atoms with van der Waals surface area (Å²) >= 11 is 0. The molecule has 0 spiro atoms. The van der Waals surface area contributed by atoms with Crippen LogP contribution in [0, 0.1) is 0 Å². The third kappa shape index (κ3) is 7.54. The van der Waals surface area contributed by atoms with Crippen LogP contribution < -0.4 is 15.4 Å². The van der Waals surface area contributed by atoms with E-state index in [9.17, 15) is 14.4 Å². The molecule has 1 aliphatic rings. The monoisotopic (exact) mass is 571 g/mol. The topological polar surface area (TPSA) is 103 Å². The van der Waals surface area contributed by atoms with Gasteiger partial charge in [0.1, 0.15) is 5.75 Å². The van der Waals surface area contributed by atoms with E-state index in [1.165, 1.54) is 7.11 Å². The van der Waals surface area contributed by atoms with Crippen molar-refractivity contribution in [3.63, 3.8) is 0 Å². The Morgan fingerprint density at radius 1 is 0.810 bits per heavy atom. The van der Waals surface area contributed by atoms with Gasteiger partial charge in [0.25, 0.3) is 11.8 Å². The van der Waals surface area contributed by atoms with Crippen LogP contribution in [0.1, 0.15) is 21.5 Å². The van der Waals surface area contributed by atoms with E-state index in [-0.39, 0.29) is 17.6 Å². The molecule has 0 radical (unpaired) electrons. The van der Waals surface area contributed by atoms with E-state index in [2.05, 4.69) is 25.2 Å². The van der Waals surface area contributed by atoms with Gasteiger partial charge in [-0.25, -0.2) is 4.79 Å². The number of benzene rings is 3. The molecule has 10 heteroatoms. The Hall–Kier alpha value is -4.67. The van der Waals surface area contributed by atoms with E-state index >= 15 is 0 Å². The number of amides is 2. The number of methoxy groups -OCH3 is 1. The van der Waals surface area contributed by atoms with Crippen LogP contribution in [0.15, 0.2) is 72.8 Å². The molecular formula is C32H37N5O5. The van der Waals surface area contributed by atoms with E-state index in [0.29, 0.717) is 41.2 Å². The summed E-state index contributed by atoms with van der Waals surface area (Å²) in [7, 11) is 9.20. The van der Waals surface area contributed by atoms with Crippen LogP contribution in [0.5, 0.6) is 5.75 Å². The van der Waals surface area contributed by atoms with Gasteiger partial charge in [-0.15, -0.1) is 0 Å². The van der Waals surface area contributed by atoms with E-state index in [1.54, 1.807) is 30.3 Å². The van der Waals surface area contributed by atoms with Crippen molar-refractivity contribution in [2.24, 2.45) is 0 Å². The van der Waals surface area contributed by atoms with Crippen molar-refractivity contribution < 1.29 is 23.9 Å². The smallest absolute Gasteiger partial charge is 0.437 e. The molecule has 0 bridgehead atoms. The van der Waals surface area contributed by atoms with Crippen LogP contribution >= 0.6 is 0 Å². The van der Waals surface area contributed by atoms with Gasteiger partial charge >= 0.3 is 6.16 Å². The van der Waals surface area contributed by atoms with Crippen molar-refractivity contribution in [2.45, 2.75) is 0 Å². The van der Waals surface area contributed by atoms with Crippen molar-refractivity contribution in [1.29, 1.82) is 0 Å². The Kier molecular flexibility index (Phi) is 9.95. The van der Waals surface area contributed by atoms with Gasteiger partial charge in [0.05, 0.1) is 24.1 Å². The summed E-state index contributed by atoms with van der Waals surface area (Å²) in [5.41, 5.74) is 4.35. The first-order chi connectivity index (χ1) is 20.2. The molecule has 3 aromatic rings. The highest BCUT2D eigenvalue weighted by Gasteiger charge is 2.29. The van der Waals surface area contributed by atoms with Gasteiger partial charge in [0.2, 0.25) is 0 Å². The van der Waals surface area contributed by atoms with Crippen LogP contribution in [0.25, 0.3) is 11.3 Å². The van der Waals surface area contributed by atoms with Crippen molar-refractivity contribution in [3.8, 4) is 5.75 Å². The summed E-state index contributed by atoms with van der Waals surface area (Å²) in [5, 5.41) is 6.28. The molecule has 10 nitrogen and oxygen atoms in total. The standard InChI is InChI=1S/C32H37N5O5/c1-35(2)17-19-37(20-18-36(3)4)31(39)23-11-13-24(14-12-23)33-29(22-9-7-6-8-10-22)28-26-16-15-25(42-32(40)41-5)21-27(26)34-30(28)38/h6-16,21,33H,17-20H2,1-5H3,(H,34,38)/b29-28-. The van der Waals surface area contributed by atoms with Crippen LogP contribution in [-0.2, 0) is 9.53 Å². The fourth-order valence-electron chi connectivity index (χ4n) is 4.46. The number of likely N-dealkylation sites (N-methyl/N-ethyl adjacent to an activating group) is 2. The predicted octanol–water partition coefficient (Wildman–Crippen LogP) is 4.33. The molecule has 0 aromatic heterocycles. The third-order valence-corrected chi connectivity index (χ3v) is 6.74. The minimum absolute atomic E-state index is 0.0269. The fourth-order valence-corrected chi connectivity index (χ4v) is 4.46. The van der Waals surface area contributed by atoms with Crippen LogP contribution in [0.4, 0.5) is 16.2 Å². The minimum Gasteiger partial charge on any atom is -0.437 e. The molecule has 2 amide bonds. The number of ether oxygens (including phenoxy) is 2. The second-order valence-corrected chi connectivity index (χ2v) is 10.4. The quantitative estimate of drug-likeness (QED) is 0.199. The molecule has 0 saturated carbocycles. The molecule has 220 valence electrons. The Balaban J connectivity index is 1.63. The lowest BCUT2D eigenvalue weighted by molar-refractivity contribution is -0.110. The Morgan fingerprint density at radius 2 is 1.45 bits per heavy atom. The second-order valence-electron chi connectivity index (χ2n) is 10.4. The number of fused-ring (bicyclic) bond motifs is 1. The van der Waals surface area contributed by atoms with Crippen molar-refractivity contribution in [2.75, 3.05) is 72.1 Å². The van der Waals surface area contributed by atoms with Crippen molar-refractivity contribution >= 4 is 40.6 Å². The number of hydrogen-bond acceptors (Lipinski definition) is 8. The number of nitrogens with zero attached hydrogens (tertiary/aromatic N) is 3. The highest BCUT2D eigenvalue weighted by atomic mass is 16.7. The van der Waals surface area contributed by atoms with E-state index < -0.39 is 6.16 Å². The molecule has 0 atom stereocenters. The Bertz CT molecular complexity index is 1440. The summed E-state index contributed by atoms with van der Waals surface area (Å²) in [6.07, 6.45) is -0.845. The predicted molar refractivity (Wildman–Crippen MR) is 164 cm³/mol. The van der Waals surface area contributed by atoms with Gasteiger partial charge in [-0.1, -0.05) is 30.3 Å². The number of nitrogens with one attached hydrogen (secondary N) is 2. The molecule has 0 aliphatic carbocycles. The number of carbonyl (C=O) groups excluding carboxylic acids is 3. The van der Waals surface area contributed by atoms with E-state index in [0.717, 1.165) is 24.3 Å². The van der Waals surface area contributed by atoms with Gasteiger partial charge in [-0.3, -0.25) is 9.59 Å². The highest BCUT2D eigenvalue weighted by Crippen LogP contribution is 2.39. The molecule has 1 aliphatic heterocycles. The molecule has 42 heavy (non-hydrogen) atoms. The van der Waals surface area contributed by atoms with Gasteiger partial charge in [-0.2, -0.15) is 0 Å². The van der Waals surface area contributed by atoms with Crippen LogP contribution in [-0.4, -0.2) is 94.1 Å². The zero-order valence-electron chi connectivity index (χ0n) is 24.6. The zero-order valence-corrected chi connectivity index (χ0v) is 24.6. The molecule has 1 heterocycles. The summed E-state index contributed by atoms with van der Waals surface area (Å²) < 4.78 is 9.68. The first-order valence-electron chi connectivity index (χ1n) is 13.6. The summed E-state index contributed by atoms with van der Waals surface area (Å²) in [5.74, 6) is -0.0707. The van der Waals surface area contributed by atoms with Gasteiger partial charge < -0.3 is 34.8 Å². The first-order valence-corrected chi connectivity index (χ1v) is 13.6. The summed E-state index contributed by atoms with van der Waals surface area (Å²) in [6, 6.07) is 21.7. The lowest BCUT2D eigenvalue weighted by Crippen LogP contribution is -2.40. The first kappa shape index (κ1) is 30.3. The van der Waals surface area contributed by atoms with Gasteiger partial charge in [0, 0.05) is 49.1 Å². The maximum absolute atomic E-state index is 13.4. The average molecular weight is 572 g/mol. The molecule has 3 aromatic carbocycles.